The number of anilines is 1. The van der Waals surface area contributed by atoms with Gasteiger partial charge in [-0.1, -0.05) is 0 Å². The molecule has 0 saturated heterocycles. The van der Waals surface area contributed by atoms with Crippen LogP contribution in [0.25, 0.3) is 0 Å². The smallest absolute Gasteiger partial charge is 0.385 e. The first kappa shape index (κ1) is 13.8. The summed E-state index contributed by atoms with van der Waals surface area (Å²) in [6, 6.07) is 0. The molecule has 0 aromatic carbocycles. The van der Waals surface area contributed by atoms with Crippen LogP contribution in [0.1, 0.15) is 12.8 Å². The Morgan fingerprint density at radius 1 is 1.47 bits per heavy atom. The zero-order valence-corrected chi connectivity index (χ0v) is 9.63. The van der Waals surface area contributed by atoms with Crippen molar-refractivity contribution in [3.8, 4) is 0 Å². The van der Waals surface area contributed by atoms with Gasteiger partial charge in [-0.05, 0) is 6.42 Å². The van der Waals surface area contributed by atoms with Crippen molar-refractivity contribution in [3.63, 3.8) is 0 Å². The molecule has 0 saturated carbocycles. The number of imidazole rings is 1. The van der Waals surface area contributed by atoms with E-state index in [4.69, 9.17) is 4.74 Å². The average Bonchev–Trinajstić information content (AvgIpc) is 2.64. The van der Waals surface area contributed by atoms with Crippen molar-refractivity contribution < 1.29 is 17.9 Å². The van der Waals surface area contributed by atoms with Crippen molar-refractivity contribution in [2.75, 3.05) is 25.6 Å². The number of aryl methyl sites for hydroxylation is 1. The molecule has 0 aliphatic heterocycles. The standard InChI is InChI=1S/C10H16F3N3O/c1-17-8-2-6-16-7-5-15-9(16)14-4-3-10(11,12)13/h5,7H,2-4,6,8H2,1H3,(H,14,15). The molecule has 98 valence electrons. The van der Waals surface area contributed by atoms with Crippen LogP contribution in [0.3, 0.4) is 0 Å². The summed E-state index contributed by atoms with van der Waals surface area (Å²) < 4.78 is 42.5. The first-order valence-corrected chi connectivity index (χ1v) is 5.33. The molecule has 17 heavy (non-hydrogen) atoms. The van der Waals surface area contributed by atoms with E-state index in [0.29, 0.717) is 19.1 Å². The fraction of sp³-hybridized carbons (Fsp3) is 0.700. The number of methoxy groups -OCH3 is 1. The van der Waals surface area contributed by atoms with E-state index < -0.39 is 12.6 Å². The molecule has 0 amide bonds. The third kappa shape index (κ3) is 5.58. The van der Waals surface area contributed by atoms with Gasteiger partial charge in [0.2, 0.25) is 5.95 Å². The van der Waals surface area contributed by atoms with Gasteiger partial charge in [-0.15, -0.1) is 0 Å². The number of nitrogens with zero attached hydrogens (tertiary/aromatic N) is 2. The maximum absolute atomic E-state index is 11.9. The van der Waals surface area contributed by atoms with Crippen molar-refractivity contribution in [2.24, 2.45) is 0 Å². The first-order valence-electron chi connectivity index (χ1n) is 5.33. The van der Waals surface area contributed by atoms with Crippen molar-refractivity contribution in [3.05, 3.63) is 12.4 Å². The summed E-state index contributed by atoms with van der Waals surface area (Å²) in [4.78, 5) is 3.96. The lowest BCUT2D eigenvalue weighted by atomic mass is 10.4. The molecule has 0 unspecified atom stereocenters. The summed E-state index contributed by atoms with van der Waals surface area (Å²) in [5.74, 6) is 0.463. The fourth-order valence-electron chi connectivity index (χ4n) is 1.35. The monoisotopic (exact) mass is 251 g/mol. The van der Waals surface area contributed by atoms with Gasteiger partial charge < -0.3 is 14.6 Å². The van der Waals surface area contributed by atoms with Crippen molar-refractivity contribution >= 4 is 5.95 Å². The van der Waals surface area contributed by atoms with Gasteiger partial charge >= 0.3 is 6.18 Å². The molecule has 0 aliphatic rings. The number of aromatic nitrogens is 2. The van der Waals surface area contributed by atoms with Gasteiger partial charge in [-0.25, -0.2) is 4.98 Å². The number of alkyl halides is 3. The molecule has 7 heteroatoms. The van der Waals surface area contributed by atoms with Crippen molar-refractivity contribution in [1.82, 2.24) is 9.55 Å². The van der Waals surface area contributed by atoms with Crippen LogP contribution in [0.4, 0.5) is 19.1 Å². The topological polar surface area (TPSA) is 39.1 Å². The lowest BCUT2D eigenvalue weighted by Gasteiger charge is -2.10. The molecule has 0 spiro atoms. The molecular formula is C10H16F3N3O. The van der Waals surface area contributed by atoms with Crippen LogP contribution >= 0.6 is 0 Å². The van der Waals surface area contributed by atoms with Crippen LogP contribution in [0, 0.1) is 0 Å². The number of nitrogens with one attached hydrogen (secondary N) is 1. The highest BCUT2D eigenvalue weighted by Gasteiger charge is 2.26. The van der Waals surface area contributed by atoms with E-state index in [1.54, 1.807) is 24.1 Å². The Morgan fingerprint density at radius 2 is 2.24 bits per heavy atom. The van der Waals surface area contributed by atoms with Gasteiger partial charge in [-0.3, -0.25) is 0 Å². The Labute approximate surface area is 97.8 Å². The third-order valence-corrected chi connectivity index (χ3v) is 2.15. The van der Waals surface area contributed by atoms with Crippen LogP contribution in [0.15, 0.2) is 12.4 Å². The maximum Gasteiger partial charge on any atom is 0.390 e. The second-order valence-electron chi connectivity index (χ2n) is 3.58. The molecule has 1 heterocycles. The van der Waals surface area contributed by atoms with Crippen LogP contribution in [0.2, 0.25) is 0 Å². The minimum Gasteiger partial charge on any atom is -0.385 e. The predicted molar refractivity (Wildman–Crippen MR) is 57.9 cm³/mol. The highest BCUT2D eigenvalue weighted by molar-refractivity contribution is 5.25. The van der Waals surface area contributed by atoms with Gasteiger partial charge in [0.1, 0.15) is 0 Å². The van der Waals surface area contributed by atoms with Crippen LogP contribution in [-0.4, -0.2) is 36.0 Å². The van der Waals surface area contributed by atoms with Crippen molar-refractivity contribution in [2.45, 2.75) is 25.6 Å². The van der Waals surface area contributed by atoms with E-state index in [-0.39, 0.29) is 6.54 Å². The summed E-state index contributed by atoms with van der Waals surface area (Å²) in [5, 5.41) is 2.67. The third-order valence-electron chi connectivity index (χ3n) is 2.15. The zero-order valence-electron chi connectivity index (χ0n) is 9.63. The van der Waals surface area contributed by atoms with E-state index in [0.717, 1.165) is 6.42 Å². The van der Waals surface area contributed by atoms with Gasteiger partial charge in [0.05, 0.1) is 6.42 Å². The largest absolute Gasteiger partial charge is 0.390 e. The molecule has 0 fully saturated rings. The van der Waals surface area contributed by atoms with Gasteiger partial charge in [-0.2, -0.15) is 13.2 Å². The van der Waals surface area contributed by atoms with E-state index >= 15 is 0 Å². The second-order valence-corrected chi connectivity index (χ2v) is 3.58. The molecule has 1 N–H and O–H groups in total. The molecule has 1 aromatic heterocycles. The Balaban J connectivity index is 2.35. The van der Waals surface area contributed by atoms with Gasteiger partial charge in [0.15, 0.2) is 0 Å². The molecule has 0 bridgehead atoms. The number of hydrogen-bond acceptors (Lipinski definition) is 3. The molecule has 0 atom stereocenters. The molecule has 0 aliphatic carbocycles. The first-order chi connectivity index (χ1) is 8.03. The zero-order chi connectivity index (χ0) is 12.7. The molecule has 1 aromatic rings. The number of ether oxygens (including phenoxy) is 1. The maximum atomic E-state index is 11.9. The summed E-state index contributed by atoms with van der Waals surface area (Å²) >= 11 is 0. The number of rotatable bonds is 7. The minimum absolute atomic E-state index is 0.162. The Hall–Kier alpha value is -1.24. The molecular weight excluding hydrogens is 235 g/mol. The SMILES string of the molecule is COCCCn1ccnc1NCCC(F)(F)F. The van der Waals surface area contributed by atoms with Crippen LogP contribution < -0.4 is 5.32 Å². The van der Waals surface area contributed by atoms with E-state index in [9.17, 15) is 13.2 Å². The number of hydrogen-bond donors (Lipinski definition) is 1. The van der Waals surface area contributed by atoms with Crippen LogP contribution in [0.5, 0.6) is 0 Å². The van der Waals surface area contributed by atoms with Crippen molar-refractivity contribution in [1.29, 1.82) is 0 Å². The lowest BCUT2D eigenvalue weighted by Crippen LogP contribution is -2.16. The molecule has 1 rings (SSSR count). The average molecular weight is 251 g/mol. The lowest BCUT2D eigenvalue weighted by molar-refractivity contribution is -0.131. The Kier molecular flexibility index (Phi) is 5.27. The van der Waals surface area contributed by atoms with Gasteiger partial charge in [0.25, 0.3) is 0 Å². The van der Waals surface area contributed by atoms with E-state index in [1.807, 2.05) is 0 Å². The normalized spacial score (nSPS) is 11.8. The summed E-state index contributed by atoms with van der Waals surface area (Å²) in [6.07, 6.45) is -0.923. The quantitative estimate of drug-likeness (QED) is 0.756. The van der Waals surface area contributed by atoms with Crippen LogP contribution in [-0.2, 0) is 11.3 Å². The summed E-state index contributed by atoms with van der Waals surface area (Å²) in [7, 11) is 1.61. The highest BCUT2D eigenvalue weighted by Crippen LogP contribution is 2.19. The minimum atomic E-state index is -4.14. The summed E-state index contributed by atoms with van der Waals surface area (Å²) in [6.45, 7) is 1.12. The Morgan fingerprint density at radius 3 is 2.88 bits per heavy atom. The van der Waals surface area contributed by atoms with E-state index in [1.165, 1.54) is 0 Å². The second kappa shape index (κ2) is 6.48. The fourth-order valence-corrected chi connectivity index (χ4v) is 1.35. The predicted octanol–water partition coefficient (Wildman–Crippen LogP) is 2.28. The highest BCUT2D eigenvalue weighted by atomic mass is 19.4. The van der Waals surface area contributed by atoms with Gasteiger partial charge in [0, 0.05) is 39.2 Å². The Bertz CT molecular complexity index is 325. The molecule has 4 nitrogen and oxygen atoms in total. The molecule has 0 radical (unpaired) electrons. The van der Waals surface area contributed by atoms with E-state index in [2.05, 4.69) is 10.3 Å². The number of halogens is 3. The summed E-state index contributed by atoms with van der Waals surface area (Å²) in [5.41, 5.74) is 0.